The Kier molecular flexibility index (Phi) is 23.8. The molecule has 32 heteroatoms. The zero-order valence-corrected chi connectivity index (χ0v) is 30.2. The maximum Gasteiger partial charge on any atom is 0.490 e. The quantitative estimate of drug-likeness (QED) is 0.0647. The fourth-order valence-corrected chi connectivity index (χ4v) is 5.67. The first-order valence-corrected chi connectivity index (χ1v) is 18.7. The summed E-state index contributed by atoms with van der Waals surface area (Å²) < 4.78 is 50.8. The molecule has 0 amide bonds. The highest BCUT2D eigenvalue weighted by Crippen LogP contribution is 2.66. The Morgan fingerprint density at radius 3 is 1.38 bits per heavy atom. The second-order valence-corrected chi connectivity index (χ2v) is 15.4. The van der Waals surface area contributed by atoms with Gasteiger partial charge in [0.05, 0.1) is 82.7 Å². The molecule has 0 aliphatic carbocycles. The topological polar surface area (TPSA) is 531 Å². The lowest BCUT2D eigenvalue weighted by Crippen LogP contribution is -2.50. The molecule has 2 unspecified atom stereocenters. The van der Waals surface area contributed by atoms with Crippen LogP contribution < -0.4 is 28.6 Å². The lowest BCUT2D eigenvalue weighted by atomic mass is 10.1. The lowest BCUT2D eigenvalue weighted by Gasteiger charge is -2.20. The number of anilines is 1. The molecule has 1 aliphatic heterocycles. The van der Waals surface area contributed by atoms with Gasteiger partial charge in [-0.1, -0.05) is 0 Å². The molecule has 6 atom stereocenters. The Bertz CT molecular complexity index is 1330. The van der Waals surface area contributed by atoms with Crippen molar-refractivity contribution in [2.24, 2.45) is 17.2 Å². The molecule has 0 spiro atoms. The molecule has 53 heavy (non-hydrogen) atoms. The fourth-order valence-electron chi connectivity index (χ4n) is 2.64. The Hall–Kier alpha value is -1.51. The summed E-state index contributed by atoms with van der Waals surface area (Å²) in [4.78, 5) is 50.5. The molecule has 2 rings (SSSR count). The van der Waals surface area contributed by atoms with E-state index in [-0.39, 0.29) is 5.82 Å². The third kappa shape index (κ3) is 20.3. The van der Waals surface area contributed by atoms with Crippen LogP contribution in [0.2, 0.25) is 0 Å². The van der Waals surface area contributed by atoms with E-state index in [0.29, 0.717) is 0 Å². The minimum Gasteiger partial charge on any atom is -0.394 e. The third-order valence-electron chi connectivity index (χ3n) is 6.11. The van der Waals surface area contributed by atoms with E-state index in [2.05, 4.69) is 18.1 Å². The van der Waals surface area contributed by atoms with E-state index < -0.39 is 136 Å². The highest BCUT2D eigenvalue weighted by Gasteiger charge is 2.46. The van der Waals surface area contributed by atoms with Gasteiger partial charge in [0.1, 0.15) is 24.1 Å². The Labute approximate surface area is 299 Å². The molecule has 0 aromatic carbocycles. The first kappa shape index (κ1) is 53.6. The van der Waals surface area contributed by atoms with Gasteiger partial charge in [0.2, 0.25) is 0 Å². The molecule has 1 fully saturated rings. The summed E-state index contributed by atoms with van der Waals surface area (Å²) in [5.41, 5.74) is 16.2. The number of phosphoric ester groups is 1. The molecule has 23 N–H and O–H groups in total. The Morgan fingerprint density at radius 1 is 0.698 bits per heavy atom. The molecule has 0 bridgehead atoms. The van der Waals surface area contributed by atoms with Gasteiger partial charge in [0.25, 0.3) is 0 Å². The van der Waals surface area contributed by atoms with Crippen LogP contribution in [0.3, 0.4) is 0 Å². The van der Waals surface area contributed by atoms with E-state index in [1.807, 2.05) is 0 Å². The molecular weight excluding hydrogens is 797 g/mol. The van der Waals surface area contributed by atoms with Crippen LogP contribution in [0.15, 0.2) is 17.1 Å². The van der Waals surface area contributed by atoms with Gasteiger partial charge in [-0.15, -0.1) is 0 Å². The molecule has 29 nitrogen and oxygen atoms in total. The molecule has 1 aromatic rings. The van der Waals surface area contributed by atoms with Gasteiger partial charge >= 0.3 is 29.2 Å². The van der Waals surface area contributed by atoms with Gasteiger partial charge in [0.15, 0.2) is 6.23 Å². The summed E-state index contributed by atoms with van der Waals surface area (Å²) >= 11 is 0. The summed E-state index contributed by atoms with van der Waals surface area (Å²) in [6, 6.07) is 1.20. The van der Waals surface area contributed by atoms with Crippen LogP contribution >= 0.6 is 23.5 Å². The summed E-state index contributed by atoms with van der Waals surface area (Å²) in [6.07, 6.45) is -5.38. The van der Waals surface area contributed by atoms with Crippen molar-refractivity contribution in [3.8, 4) is 0 Å². The standard InChI is InChI=1S/C9H16N3O14P3.3C4H11NO3/c10-5-1-2-12(9(15)11-5)8-7(14)6(13)4(24-8)3-23-28(19,20)26-29(21,22)25-27(16,17)18;3*5-4(1-6,2-7)3-8/h1-2,4,6-8,13-14H,3H2,(H,19,20)(H,21,22)(H2,10,11,15)(H2,16,17,18);3*6-8H,1-3,5H2/t4-,6-,7-,8-;;;/m1.../s1. The van der Waals surface area contributed by atoms with Gasteiger partial charge in [-0.3, -0.25) is 9.09 Å². The van der Waals surface area contributed by atoms with Crippen LogP contribution in [0.25, 0.3) is 0 Å². The van der Waals surface area contributed by atoms with E-state index in [1.54, 1.807) is 0 Å². The monoisotopic (exact) mass is 846 g/mol. The van der Waals surface area contributed by atoms with Gasteiger partial charge in [-0.25, -0.2) is 18.5 Å². The third-order valence-corrected chi connectivity index (χ3v) is 9.92. The highest BCUT2D eigenvalue weighted by atomic mass is 31.3. The van der Waals surface area contributed by atoms with Gasteiger partial charge < -0.3 is 103 Å². The maximum absolute atomic E-state index is 11.8. The number of nitrogens with zero attached hydrogens (tertiary/aromatic N) is 2. The van der Waals surface area contributed by atoms with Gasteiger partial charge in [-0.05, 0) is 6.07 Å². The molecule has 1 aromatic heterocycles. The number of aliphatic hydroxyl groups is 11. The van der Waals surface area contributed by atoms with Crippen molar-refractivity contribution in [2.75, 3.05) is 71.8 Å². The Morgan fingerprint density at radius 2 is 1.08 bits per heavy atom. The van der Waals surface area contributed by atoms with Crippen molar-refractivity contribution in [3.05, 3.63) is 22.7 Å². The second-order valence-electron chi connectivity index (χ2n) is 11.0. The Balaban J connectivity index is 0. The zero-order valence-electron chi connectivity index (χ0n) is 27.6. The normalized spacial score (nSPS) is 21.5. The number of aromatic nitrogens is 2. The highest BCUT2D eigenvalue weighted by molar-refractivity contribution is 7.66. The smallest absolute Gasteiger partial charge is 0.394 e. The predicted octanol–water partition coefficient (Wildman–Crippen LogP) is -9.23. The minimum atomic E-state index is -5.71. The van der Waals surface area contributed by atoms with Crippen LogP contribution in [0.1, 0.15) is 6.23 Å². The molecule has 1 saturated heterocycles. The summed E-state index contributed by atoms with van der Waals surface area (Å²) in [6.45, 7) is -4.64. The first-order valence-electron chi connectivity index (χ1n) is 14.1. The first-order chi connectivity index (χ1) is 24.1. The van der Waals surface area contributed by atoms with E-state index >= 15 is 0 Å². The predicted molar refractivity (Wildman–Crippen MR) is 173 cm³/mol. The fraction of sp³-hybridized carbons (Fsp3) is 0.810. The lowest BCUT2D eigenvalue weighted by molar-refractivity contribution is -0.0541. The number of aliphatic hydroxyl groups excluding tert-OH is 11. The average molecular weight is 847 g/mol. The van der Waals surface area contributed by atoms with Crippen LogP contribution in [-0.2, 0) is 31.6 Å². The summed E-state index contributed by atoms with van der Waals surface area (Å²) in [5.74, 6) is -0.122. The summed E-state index contributed by atoms with van der Waals surface area (Å²) in [7, 11) is -16.7. The van der Waals surface area contributed by atoms with Crippen LogP contribution in [-0.4, -0.2) is 186 Å². The van der Waals surface area contributed by atoms with Crippen molar-refractivity contribution < 1.29 is 107 Å². The average Bonchev–Trinajstić information content (AvgIpc) is 3.37. The SMILES string of the molecule is NC(CO)(CO)CO.NC(CO)(CO)CO.NC(CO)(CO)CO.Nc1ccn([C@@H]2O[C@H](COP(=O)(O)OP(=O)(O)OP(=O)(O)O)[C@@H](O)[C@H]2O)c(=O)n1. The molecular formula is C21H49N6O23P3. The molecule has 0 saturated carbocycles. The molecule has 1 aliphatic rings. The van der Waals surface area contributed by atoms with Gasteiger partial charge in [-0.2, -0.15) is 13.6 Å². The van der Waals surface area contributed by atoms with Crippen molar-refractivity contribution in [1.82, 2.24) is 9.55 Å². The second kappa shape index (κ2) is 23.5. The van der Waals surface area contributed by atoms with Gasteiger partial charge in [0, 0.05) is 6.20 Å². The van der Waals surface area contributed by atoms with Crippen LogP contribution in [0, 0.1) is 0 Å². The number of nitrogen functional groups attached to an aromatic ring is 1. The number of phosphoric acid groups is 3. The van der Waals surface area contributed by atoms with Crippen molar-refractivity contribution in [1.29, 1.82) is 0 Å². The minimum absolute atomic E-state index is 0.122. The van der Waals surface area contributed by atoms with Crippen LogP contribution in [0.4, 0.5) is 5.82 Å². The van der Waals surface area contributed by atoms with Crippen molar-refractivity contribution >= 4 is 29.3 Å². The number of rotatable bonds is 17. The van der Waals surface area contributed by atoms with E-state index in [0.717, 1.165) is 10.8 Å². The van der Waals surface area contributed by atoms with E-state index in [4.69, 9.17) is 88.3 Å². The molecule has 0 radical (unpaired) electrons. The van der Waals surface area contributed by atoms with E-state index in [1.165, 1.54) is 6.07 Å². The van der Waals surface area contributed by atoms with Crippen molar-refractivity contribution in [2.45, 2.75) is 41.2 Å². The largest absolute Gasteiger partial charge is 0.490 e. The van der Waals surface area contributed by atoms with Crippen LogP contribution in [0.5, 0.6) is 0 Å². The number of hydrogen-bond acceptors (Lipinski definition) is 24. The summed E-state index contributed by atoms with van der Waals surface area (Å²) in [5, 5.41) is 95.0. The zero-order chi connectivity index (χ0) is 42.1. The van der Waals surface area contributed by atoms with Crippen molar-refractivity contribution in [3.63, 3.8) is 0 Å². The molecule has 316 valence electrons. The van der Waals surface area contributed by atoms with E-state index in [9.17, 15) is 33.6 Å². The number of hydrogen-bond donors (Lipinski definition) is 19. The maximum atomic E-state index is 11.8. The molecule has 2 heterocycles. The number of ether oxygens (including phenoxy) is 1. The number of nitrogens with two attached hydrogens (primary N) is 4.